The van der Waals surface area contributed by atoms with Gasteiger partial charge < -0.3 is 10.6 Å². The second kappa shape index (κ2) is 4.53. The molecule has 0 saturated heterocycles. The third-order valence-corrected chi connectivity index (χ3v) is 3.55. The number of fused-ring (bicyclic) bond motifs is 1. The molecular weight excluding hydrogens is 246 g/mol. The van der Waals surface area contributed by atoms with Crippen LogP contribution in [-0.2, 0) is 13.0 Å². The van der Waals surface area contributed by atoms with Gasteiger partial charge in [-0.1, -0.05) is 24.3 Å². The number of hydrogen-bond acceptors (Lipinski definition) is 2. The zero-order valence-electron chi connectivity index (χ0n) is 10.4. The smallest absolute Gasteiger partial charge is 0.184 e. The number of nitrogens with zero attached hydrogens (tertiary/aromatic N) is 1. The highest BCUT2D eigenvalue weighted by Crippen LogP contribution is 2.32. The lowest BCUT2D eigenvalue weighted by molar-refractivity contribution is 0.505. The van der Waals surface area contributed by atoms with Crippen LogP contribution in [0.4, 0.5) is 20.2 Å². The molecule has 3 rings (SSSR count). The molecule has 2 N–H and O–H groups in total. The first kappa shape index (κ1) is 12.0. The van der Waals surface area contributed by atoms with Gasteiger partial charge in [0.05, 0.1) is 11.4 Å². The highest BCUT2D eigenvalue weighted by molar-refractivity contribution is 5.69. The first-order chi connectivity index (χ1) is 9.16. The van der Waals surface area contributed by atoms with Crippen LogP contribution in [0.2, 0.25) is 0 Å². The number of nitrogen functional groups attached to an aromatic ring is 1. The van der Waals surface area contributed by atoms with Crippen LogP contribution in [0.25, 0.3) is 0 Å². The Labute approximate surface area is 110 Å². The van der Waals surface area contributed by atoms with Gasteiger partial charge in [0, 0.05) is 13.1 Å². The van der Waals surface area contributed by atoms with E-state index in [9.17, 15) is 8.78 Å². The molecule has 0 aromatic heterocycles. The van der Waals surface area contributed by atoms with Crippen molar-refractivity contribution in [3.8, 4) is 0 Å². The fourth-order valence-corrected chi connectivity index (χ4v) is 2.56. The number of benzene rings is 2. The largest absolute Gasteiger partial charge is 0.397 e. The Morgan fingerprint density at radius 2 is 1.74 bits per heavy atom. The van der Waals surface area contributed by atoms with Crippen molar-refractivity contribution in [3.05, 3.63) is 59.2 Å². The maximum atomic E-state index is 13.9. The summed E-state index contributed by atoms with van der Waals surface area (Å²) in [5.41, 5.74) is 8.64. The van der Waals surface area contributed by atoms with Gasteiger partial charge in [0.25, 0.3) is 0 Å². The van der Waals surface area contributed by atoms with E-state index in [0.29, 0.717) is 13.1 Å². The van der Waals surface area contributed by atoms with Crippen LogP contribution in [0.3, 0.4) is 0 Å². The van der Waals surface area contributed by atoms with Gasteiger partial charge in [0.2, 0.25) is 0 Å². The van der Waals surface area contributed by atoms with Gasteiger partial charge >= 0.3 is 0 Å². The van der Waals surface area contributed by atoms with E-state index in [1.165, 1.54) is 11.6 Å². The molecule has 0 aliphatic carbocycles. The fourth-order valence-electron chi connectivity index (χ4n) is 2.56. The first-order valence-corrected chi connectivity index (χ1v) is 6.22. The van der Waals surface area contributed by atoms with Crippen LogP contribution >= 0.6 is 0 Å². The lowest BCUT2D eigenvalue weighted by Crippen LogP contribution is -2.31. The average molecular weight is 260 g/mol. The third-order valence-electron chi connectivity index (χ3n) is 3.55. The number of nitrogens with two attached hydrogens (primary N) is 1. The second-order valence-electron chi connectivity index (χ2n) is 4.74. The molecule has 0 atom stereocenters. The summed E-state index contributed by atoms with van der Waals surface area (Å²) in [7, 11) is 0. The molecule has 2 aromatic rings. The number of hydrogen-bond donors (Lipinski definition) is 1. The van der Waals surface area contributed by atoms with E-state index < -0.39 is 11.6 Å². The molecule has 1 aliphatic rings. The van der Waals surface area contributed by atoms with Gasteiger partial charge in [-0.2, -0.15) is 0 Å². The minimum Gasteiger partial charge on any atom is -0.397 e. The maximum Gasteiger partial charge on any atom is 0.184 e. The number of rotatable bonds is 1. The van der Waals surface area contributed by atoms with E-state index >= 15 is 0 Å². The summed E-state index contributed by atoms with van der Waals surface area (Å²) in [5, 5.41) is 0. The monoisotopic (exact) mass is 260 g/mol. The number of halogens is 2. The van der Waals surface area contributed by atoms with Crippen molar-refractivity contribution in [3.63, 3.8) is 0 Å². The van der Waals surface area contributed by atoms with Gasteiger partial charge in [-0.15, -0.1) is 0 Å². The van der Waals surface area contributed by atoms with Gasteiger partial charge in [-0.25, -0.2) is 8.78 Å². The summed E-state index contributed by atoms with van der Waals surface area (Å²) in [6.07, 6.45) is 0.811. The van der Waals surface area contributed by atoms with Crippen molar-refractivity contribution in [2.45, 2.75) is 13.0 Å². The molecule has 1 aliphatic heterocycles. The summed E-state index contributed by atoms with van der Waals surface area (Å²) in [6.45, 7) is 1.20. The van der Waals surface area contributed by atoms with Crippen LogP contribution in [0.15, 0.2) is 36.4 Å². The molecule has 0 saturated carbocycles. The normalized spacial score (nSPS) is 14.3. The highest BCUT2D eigenvalue weighted by Gasteiger charge is 2.22. The van der Waals surface area contributed by atoms with Crippen LogP contribution in [0, 0.1) is 11.6 Å². The highest BCUT2D eigenvalue weighted by atomic mass is 19.2. The Morgan fingerprint density at radius 3 is 2.53 bits per heavy atom. The van der Waals surface area contributed by atoms with Crippen molar-refractivity contribution in [1.82, 2.24) is 0 Å². The predicted molar refractivity (Wildman–Crippen MR) is 72.0 cm³/mol. The minimum atomic E-state index is -0.862. The molecule has 4 heteroatoms. The van der Waals surface area contributed by atoms with E-state index in [1.54, 1.807) is 4.90 Å². The molecule has 2 nitrogen and oxygen atoms in total. The van der Waals surface area contributed by atoms with Crippen molar-refractivity contribution >= 4 is 11.4 Å². The zero-order valence-corrected chi connectivity index (χ0v) is 10.4. The third kappa shape index (κ3) is 2.03. The Morgan fingerprint density at radius 1 is 1.00 bits per heavy atom. The molecule has 0 spiro atoms. The van der Waals surface area contributed by atoms with Crippen LogP contribution in [0.1, 0.15) is 11.1 Å². The molecule has 0 fully saturated rings. The van der Waals surface area contributed by atoms with E-state index in [2.05, 4.69) is 6.07 Å². The van der Waals surface area contributed by atoms with Crippen LogP contribution < -0.4 is 10.6 Å². The van der Waals surface area contributed by atoms with E-state index in [-0.39, 0.29) is 11.4 Å². The zero-order chi connectivity index (χ0) is 13.4. The maximum absolute atomic E-state index is 13.9. The minimum absolute atomic E-state index is 0.175. The molecule has 2 aromatic carbocycles. The molecule has 0 unspecified atom stereocenters. The van der Waals surface area contributed by atoms with E-state index in [0.717, 1.165) is 18.1 Å². The lowest BCUT2D eigenvalue weighted by atomic mass is 9.99. The molecule has 98 valence electrons. The number of anilines is 2. The fraction of sp³-hybridized carbons (Fsp3) is 0.200. The molecule has 0 bridgehead atoms. The summed E-state index contributed by atoms with van der Waals surface area (Å²) in [4.78, 5) is 1.80. The van der Waals surface area contributed by atoms with E-state index in [1.807, 2.05) is 18.2 Å². The van der Waals surface area contributed by atoms with Crippen molar-refractivity contribution in [1.29, 1.82) is 0 Å². The Balaban J connectivity index is 2.00. The van der Waals surface area contributed by atoms with Crippen molar-refractivity contribution in [2.24, 2.45) is 0 Å². The topological polar surface area (TPSA) is 29.3 Å². The Kier molecular flexibility index (Phi) is 2.85. The SMILES string of the molecule is Nc1ccc(F)c(F)c1N1CCc2ccccc2C1. The molecule has 0 radical (unpaired) electrons. The summed E-state index contributed by atoms with van der Waals surface area (Å²) >= 11 is 0. The lowest BCUT2D eigenvalue weighted by Gasteiger charge is -2.31. The molecule has 1 heterocycles. The molecule has 19 heavy (non-hydrogen) atoms. The van der Waals surface area contributed by atoms with E-state index in [4.69, 9.17) is 5.73 Å². The second-order valence-corrected chi connectivity index (χ2v) is 4.74. The van der Waals surface area contributed by atoms with Crippen molar-refractivity contribution in [2.75, 3.05) is 17.2 Å². The average Bonchev–Trinajstić information content (AvgIpc) is 2.43. The van der Waals surface area contributed by atoms with Crippen LogP contribution in [0.5, 0.6) is 0 Å². The van der Waals surface area contributed by atoms with Gasteiger partial charge in [0.15, 0.2) is 11.6 Å². The Bertz CT molecular complexity index is 626. The summed E-state index contributed by atoms with van der Waals surface area (Å²) in [6, 6.07) is 10.5. The van der Waals surface area contributed by atoms with Crippen molar-refractivity contribution < 1.29 is 8.78 Å². The van der Waals surface area contributed by atoms with Crippen LogP contribution in [-0.4, -0.2) is 6.54 Å². The summed E-state index contributed by atoms with van der Waals surface area (Å²) < 4.78 is 27.3. The Hall–Kier alpha value is -2.10. The van der Waals surface area contributed by atoms with Gasteiger partial charge in [-0.05, 0) is 29.7 Å². The van der Waals surface area contributed by atoms with Gasteiger partial charge in [0.1, 0.15) is 0 Å². The predicted octanol–water partition coefficient (Wildman–Crippen LogP) is 3.11. The quantitative estimate of drug-likeness (QED) is 0.798. The first-order valence-electron chi connectivity index (χ1n) is 6.22. The standard InChI is InChI=1S/C15H14F2N2/c16-12-5-6-13(18)15(14(12)17)19-8-7-10-3-1-2-4-11(10)9-19/h1-6H,7-9,18H2. The summed E-state index contributed by atoms with van der Waals surface area (Å²) in [5.74, 6) is -1.72. The van der Waals surface area contributed by atoms with Gasteiger partial charge in [-0.3, -0.25) is 0 Å². The molecule has 0 amide bonds. The molecular formula is C15H14F2N2.